The molecule has 0 fully saturated rings. The zero-order chi connectivity index (χ0) is 20.7. The molecule has 0 saturated carbocycles. The van der Waals surface area contributed by atoms with E-state index in [1.54, 1.807) is 14.2 Å². The van der Waals surface area contributed by atoms with E-state index in [2.05, 4.69) is 5.32 Å². The summed E-state index contributed by atoms with van der Waals surface area (Å²) in [5, 5.41) is 3.42. The molecule has 1 amide bonds. The maximum Gasteiger partial charge on any atom is 0.245 e. The van der Waals surface area contributed by atoms with Gasteiger partial charge in [0.05, 0.1) is 14.2 Å². The van der Waals surface area contributed by atoms with Crippen molar-refractivity contribution in [2.45, 2.75) is 52.2 Å². The molecule has 0 aromatic heterocycles. The Morgan fingerprint density at radius 3 is 2.07 bits per heavy atom. The summed E-state index contributed by atoms with van der Waals surface area (Å²) >= 11 is 0. The van der Waals surface area contributed by atoms with Gasteiger partial charge in [0.25, 0.3) is 0 Å². The number of nitrogens with one attached hydrogen (secondary N) is 1. The molecule has 0 aliphatic carbocycles. The van der Waals surface area contributed by atoms with E-state index in [-0.39, 0.29) is 18.0 Å². The number of para-hydroxylation sites is 1. The van der Waals surface area contributed by atoms with Gasteiger partial charge in [-0.1, -0.05) is 18.2 Å². The van der Waals surface area contributed by atoms with Gasteiger partial charge in [0.15, 0.2) is 0 Å². The Balaban J connectivity index is 2.34. The molecule has 2 rings (SSSR count). The second-order valence-electron chi connectivity index (χ2n) is 7.37. The molecule has 0 radical (unpaired) electrons. The van der Waals surface area contributed by atoms with Crippen molar-refractivity contribution in [2.75, 3.05) is 19.5 Å². The molecule has 0 saturated heterocycles. The number of nitrogens with zero attached hydrogens (tertiary/aromatic N) is 1. The van der Waals surface area contributed by atoms with Crippen molar-refractivity contribution in [3.8, 4) is 11.5 Å². The Hall–Kier alpha value is -2.69. The van der Waals surface area contributed by atoms with E-state index in [1.165, 1.54) is 0 Å². The molecule has 5 heteroatoms. The quantitative estimate of drug-likeness (QED) is 0.697. The van der Waals surface area contributed by atoms with Gasteiger partial charge >= 0.3 is 0 Å². The lowest BCUT2D eigenvalue weighted by Crippen LogP contribution is -2.50. The number of hydrogen-bond acceptors (Lipinski definition) is 4. The summed E-state index contributed by atoms with van der Waals surface area (Å²) in [5.74, 6) is 1.65. The third kappa shape index (κ3) is 5.41. The van der Waals surface area contributed by atoms with Gasteiger partial charge in [-0.3, -0.25) is 4.79 Å². The number of hydrogen-bond donors (Lipinski definition) is 1. The lowest BCUT2D eigenvalue weighted by atomic mass is 10.0. The Kier molecular flexibility index (Phi) is 7.73. The second kappa shape index (κ2) is 10.0. The van der Waals surface area contributed by atoms with Crippen LogP contribution in [-0.2, 0) is 11.2 Å². The average Bonchev–Trinajstić information content (AvgIpc) is 2.67. The van der Waals surface area contributed by atoms with Crippen LogP contribution in [0.25, 0.3) is 0 Å². The number of carbonyl (C=O) groups is 1. The Labute approximate surface area is 168 Å². The van der Waals surface area contributed by atoms with E-state index in [4.69, 9.17) is 9.47 Å². The van der Waals surface area contributed by atoms with Gasteiger partial charge in [0, 0.05) is 24.2 Å². The van der Waals surface area contributed by atoms with E-state index in [0.29, 0.717) is 6.42 Å². The largest absolute Gasteiger partial charge is 0.497 e. The van der Waals surface area contributed by atoms with Crippen LogP contribution >= 0.6 is 0 Å². The molecular formula is C23H32N2O3. The summed E-state index contributed by atoms with van der Waals surface area (Å²) in [5.41, 5.74) is 1.87. The van der Waals surface area contributed by atoms with Crippen molar-refractivity contribution < 1.29 is 14.3 Å². The van der Waals surface area contributed by atoms with Gasteiger partial charge in [0.1, 0.15) is 17.5 Å². The molecule has 2 aromatic rings. The monoisotopic (exact) mass is 384 g/mol. The normalized spacial score (nSPS) is 12.0. The minimum atomic E-state index is -0.408. The maximum absolute atomic E-state index is 13.5. The van der Waals surface area contributed by atoms with Crippen LogP contribution in [0, 0.1) is 0 Å². The molecule has 2 aromatic carbocycles. The average molecular weight is 385 g/mol. The minimum Gasteiger partial charge on any atom is -0.497 e. The number of ether oxygens (including phenoxy) is 2. The van der Waals surface area contributed by atoms with Crippen LogP contribution in [0.4, 0.5) is 5.69 Å². The summed E-state index contributed by atoms with van der Waals surface area (Å²) in [6.45, 7) is 8.19. The van der Waals surface area contributed by atoms with Crippen LogP contribution < -0.4 is 14.8 Å². The van der Waals surface area contributed by atoms with Crippen LogP contribution in [0.15, 0.2) is 48.5 Å². The first-order valence-corrected chi connectivity index (χ1v) is 9.72. The number of benzene rings is 2. The number of amides is 1. The van der Waals surface area contributed by atoms with Gasteiger partial charge < -0.3 is 19.7 Å². The molecule has 1 atom stereocenters. The van der Waals surface area contributed by atoms with Gasteiger partial charge in [0.2, 0.25) is 5.91 Å². The van der Waals surface area contributed by atoms with Crippen molar-refractivity contribution in [3.05, 3.63) is 54.1 Å². The van der Waals surface area contributed by atoms with Crippen LogP contribution in [0.1, 0.15) is 33.3 Å². The van der Waals surface area contributed by atoms with E-state index >= 15 is 0 Å². The zero-order valence-corrected chi connectivity index (χ0v) is 17.7. The number of carbonyl (C=O) groups excluding carboxylic acids is 1. The smallest absolute Gasteiger partial charge is 0.245 e. The van der Waals surface area contributed by atoms with Crippen molar-refractivity contribution in [1.29, 1.82) is 0 Å². The topological polar surface area (TPSA) is 50.8 Å². The fourth-order valence-corrected chi connectivity index (χ4v) is 3.47. The first-order chi connectivity index (χ1) is 13.4. The molecule has 0 aliphatic heterocycles. The molecule has 1 N–H and O–H groups in total. The Morgan fingerprint density at radius 1 is 0.929 bits per heavy atom. The lowest BCUT2D eigenvalue weighted by molar-refractivity contribution is -0.135. The van der Waals surface area contributed by atoms with Crippen molar-refractivity contribution in [2.24, 2.45) is 0 Å². The fraction of sp³-hybridized carbons (Fsp3) is 0.435. The Morgan fingerprint density at radius 2 is 1.54 bits per heavy atom. The summed E-state index contributed by atoms with van der Waals surface area (Å²) in [7, 11) is 3.29. The number of rotatable bonds is 9. The van der Waals surface area contributed by atoms with Crippen molar-refractivity contribution in [1.82, 2.24) is 4.90 Å². The van der Waals surface area contributed by atoms with Gasteiger partial charge in [-0.15, -0.1) is 0 Å². The fourth-order valence-electron chi connectivity index (χ4n) is 3.47. The highest BCUT2D eigenvalue weighted by molar-refractivity contribution is 5.85. The second-order valence-corrected chi connectivity index (χ2v) is 7.37. The minimum absolute atomic E-state index is 0.0757. The van der Waals surface area contributed by atoms with Gasteiger partial charge in [-0.25, -0.2) is 0 Å². The molecule has 0 aliphatic rings. The van der Waals surface area contributed by atoms with E-state index in [1.807, 2.05) is 81.1 Å². The lowest BCUT2D eigenvalue weighted by Gasteiger charge is -2.34. The Bertz CT molecular complexity index is 749. The standard InChI is InChI=1S/C23H32N2O3/c1-16(2)25(17(3)4)23(26)21(15-18-9-7-8-10-22(18)28-6)24-19-11-13-20(27-5)14-12-19/h7-14,16-17,21,24H,15H2,1-6H3. The van der Waals surface area contributed by atoms with Gasteiger partial charge in [-0.2, -0.15) is 0 Å². The number of methoxy groups -OCH3 is 2. The first-order valence-electron chi connectivity index (χ1n) is 9.72. The molecule has 0 spiro atoms. The molecule has 0 bridgehead atoms. The predicted molar refractivity (Wildman–Crippen MR) is 114 cm³/mol. The van der Waals surface area contributed by atoms with E-state index in [9.17, 15) is 4.79 Å². The highest BCUT2D eigenvalue weighted by atomic mass is 16.5. The van der Waals surface area contributed by atoms with Crippen LogP contribution in [-0.4, -0.2) is 43.2 Å². The van der Waals surface area contributed by atoms with Crippen molar-refractivity contribution >= 4 is 11.6 Å². The molecule has 1 unspecified atom stereocenters. The summed E-state index contributed by atoms with van der Waals surface area (Å²) in [6, 6.07) is 15.3. The van der Waals surface area contributed by atoms with Crippen LogP contribution in [0.5, 0.6) is 11.5 Å². The van der Waals surface area contributed by atoms with Gasteiger partial charge in [-0.05, 0) is 63.6 Å². The maximum atomic E-state index is 13.5. The van der Waals surface area contributed by atoms with Crippen LogP contribution in [0.3, 0.4) is 0 Å². The molecule has 5 nitrogen and oxygen atoms in total. The molecule has 28 heavy (non-hydrogen) atoms. The molecule has 0 heterocycles. The highest BCUT2D eigenvalue weighted by Gasteiger charge is 2.29. The predicted octanol–water partition coefficient (Wildman–Crippen LogP) is 4.37. The van der Waals surface area contributed by atoms with Crippen LogP contribution in [0.2, 0.25) is 0 Å². The summed E-state index contributed by atoms with van der Waals surface area (Å²) in [4.78, 5) is 15.4. The first kappa shape index (κ1) is 21.6. The van der Waals surface area contributed by atoms with E-state index in [0.717, 1.165) is 22.7 Å². The molecular weight excluding hydrogens is 352 g/mol. The summed E-state index contributed by atoms with van der Waals surface area (Å²) in [6.07, 6.45) is 0.533. The molecule has 152 valence electrons. The SMILES string of the molecule is COc1ccc(NC(Cc2ccccc2OC)C(=O)N(C(C)C)C(C)C)cc1. The third-order valence-corrected chi connectivity index (χ3v) is 4.71. The van der Waals surface area contributed by atoms with Crippen molar-refractivity contribution in [3.63, 3.8) is 0 Å². The highest BCUT2D eigenvalue weighted by Crippen LogP contribution is 2.23. The zero-order valence-electron chi connectivity index (χ0n) is 17.7. The number of anilines is 1. The summed E-state index contributed by atoms with van der Waals surface area (Å²) < 4.78 is 10.7. The third-order valence-electron chi connectivity index (χ3n) is 4.71. The van der Waals surface area contributed by atoms with E-state index < -0.39 is 6.04 Å².